The fraction of sp³-hybridized carbons (Fsp3) is 0.231. The fourth-order valence-corrected chi connectivity index (χ4v) is 2.49. The number of pyridine rings is 1. The summed E-state index contributed by atoms with van der Waals surface area (Å²) in [6.07, 6.45) is -3.17. The molecule has 0 fully saturated rings. The Morgan fingerprint density at radius 3 is 2.62 bits per heavy atom. The van der Waals surface area contributed by atoms with Gasteiger partial charge < -0.3 is 10.0 Å². The summed E-state index contributed by atoms with van der Waals surface area (Å²) in [7, 11) is 0. The molecule has 0 bridgehead atoms. The van der Waals surface area contributed by atoms with Gasteiger partial charge in [-0.1, -0.05) is 28.1 Å². The van der Waals surface area contributed by atoms with Crippen LogP contribution in [0.4, 0.5) is 19.0 Å². The van der Waals surface area contributed by atoms with E-state index >= 15 is 0 Å². The molecule has 8 heteroatoms. The molecule has 1 aromatic carbocycles. The molecule has 0 atom stereocenters. The van der Waals surface area contributed by atoms with Crippen molar-refractivity contribution in [3.63, 3.8) is 0 Å². The van der Waals surface area contributed by atoms with E-state index in [2.05, 4.69) is 20.9 Å². The van der Waals surface area contributed by atoms with E-state index in [1.807, 2.05) is 0 Å². The molecule has 0 radical (unpaired) electrons. The quantitative estimate of drug-likeness (QED) is 0.904. The molecule has 2 rings (SSSR count). The highest BCUT2D eigenvalue weighted by atomic mass is 79.9. The second-order valence-corrected chi connectivity index (χ2v) is 5.19. The van der Waals surface area contributed by atoms with Crippen molar-refractivity contribution in [3.05, 3.63) is 34.9 Å². The van der Waals surface area contributed by atoms with E-state index in [1.165, 1.54) is 6.20 Å². The monoisotopic (exact) mass is 362 g/mol. The van der Waals surface area contributed by atoms with Crippen LogP contribution in [0.2, 0.25) is 0 Å². The van der Waals surface area contributed by atoms with Crippen molar-refractivity contribution < 1.29 is 23.1 Å². The minimum atomic E-state index is -4.52. The standard InChI is InChI=1S/C13H10BrF3N2O2/c14-10-3-1-2-9-8(10)4-5-18-12(9)19(6-11(20)21)7-13(15,16)17/h1-5H,6-7H2,(H,20,21). The highest BCUT2D eigenvalue weighted by Crippen LogP contribution is 2.31. The van der Waals surface area contributed by atoms with Gasteiger partial charge in [-0.05, 0) is 12.1 Å². The number of aliphatic carboxylic acids is 1. The van der Waals surface area contributed by atoms with Crippen LogP contribution in [0, 0.1) is 0 Å². The van der Waals surface area contributed by atoms with Gasteiger partial charge in [0, 0.05) is 21.4 Å². The first-order valence-corrected chi connectivity index (χ1v) is 6.64. The maximum atomic E-state index is 12.6. The number of hydrogen-bond acceptors (Lipinski definition) is 3. The van der Waals surface area contributed by atoms with E-state index in [0.29, 0.717) is 20.1 Å². The Hall–Kier alpha value is -1.83. The second-order valence-electron chi connectivity index (χ2n) is 4.33. The summed E-state index contributed by atoms with van der Waals surface area (Å²) in [6, 6.07) is 6.66. The van der Waals surface area contributed by atoms with Gasteiger partial charge in [0.25, 0.3) is 0 Å². The minimum absolute atomic E-state index is 0.00600. The van der Waals surface area contributed by atoms with Crippen LogP contribution in [-0.4, -0.2) is 35.3 Å². The van der Waals surface area contributed by atoms with E-state index in [0.717, 1.165) is 0 Å². The SMILES string of the molecule is O=C(O)CN(CC(F)(F)F)c1nccc2c(Br)cccc12. The molecule has 0 amide bonds. The lowest BCUT2D eigenvalue weighted by atomic mass is 10.1. The summed E-state index contributed by atoms with van der Waals surface area (Å²) in [5, 5.41) is 9.95. The number of nitrogens with zero attached hydrogens (tertiary/aromatic N) is 2. The molecular weight excluding hydrogens is 353 g/mol. The van der Waals surface area contributed by atoms with Crippen molar-refractivity contribution in [2.75, 3.05) is 18.0 Å². The van der Waals surface area contributed by atoms with Crippen molar-refractivity contribution in [2.24, 2.45) is 0 Å². The van der Waals surface area contributed by atoms with Crippen LogP contribution < -0.4 is 4.90 Å². The van der Waals surface area contributed by atoms with E-state index in [1.54, 1.807) is 24.3 Å². The van der Waals surface area contributed by atoms with Crippen LogP contribution in [0.25, 0.3) is 10.8 Å². The highest BCUT2D eigenvalue weighted by Gasteiger charge is 2.32. The normalized spacial score (nSPS) is 11.6. The molecule has 1 heterocycles. The number of aromatic nitrogens is 1. The molecule has 0 aliphatic heterocycles. The smallest absolute Gasteiger partial charge is 0.405 e. The summed E-state index contributed by atoms with van der Waals surface area (Å²) in [5.41, 5.74) is 0. The van der Waals surface area contributed by atoms with Gasteiger partial charge in [-0.15, -0.1) is 0 Å². The molecule has 0 aliphatic rings. The number of fused-ring (bicyclic) bond motifs is 1. The molecule has 1 N–H and O–H groups in total. The van der Waals surface area contributed by atoms with Crippen LogP contribution in [-0.2, 0) is 4.79 Å². The van der Waals surface area contributed by atoms with Crippen molar-refractivity contribution in [1.82, 2.24) is 4.98 Å². The maximum Gasteiger partial charge on any atom is 0.405 e. The van der Waals surface area contributed by atoms with Gasteiger partial charge in [0.15, 0.2) is 0 Å². The number of anilines is 1. The molecule has 4 nitrogen and oxygen atoms in total. The third kappa shape index (κ3) is 3.84. The number of carboxylic acid groups (broad SMARTS) is 1. The van der Waals surface area contributed by atoms with Crippen molar-refractivity contribution in [2.45, 2.75) is 6.18 Å². The zero-order valence-corrected chi connectivity index (χ0v) is 12.1. The molecular formula is C13H10BrF3N2O2. The molecule has 0 saturated heterocycles. The lowest BCUT2D eigenvalue weighted by Crippen LogP contribution is -2.38. The number of hydrogen-bond donors (Lipinski definition) is 1. The Morgan fingerprint density at radius 2 is 2.00 bits per heavy atom. The molecule has 112 valence electrons. The molecule has 0 aliphatic carbocycles. The van der Waals surface area contributed by atoms with E-state index < -0.39 is 25.2 Å². The van der Waals surface area contributed by atoms with Crippen LogP contribution in [0.5, 0.6) is 0 Å². The third-order valence-corrected chi connectivity index (χ3v) is 3.42. The van der Waals surface area contributed by atoms with Crippen LogP contribution >= 0.6 is 15.9 Å². The average Bonchev–Trinajstić information content (AvgIpc) is 2.35. The number of carbonyl (C=O) groups is 1. The lowest BCUT2D eigenvalue weighted by Gasteiger charge is -2.24. The first-order valence-electron chi connectivity index (χ1n) is 5.84. The maximum absolute atomic E-state index is 12.6. The summed E-state index contributed by atoms with van der Waals surface area (Å²) in [6.45, 7) is -2.16. The molecule has 0 unspecified atom stereocenters. The topological polar surface area (TPSA) is 53.4 Å². The Kier molecular flexibility index (Phi) is 4.36. The Labute approximate surface area is 126 Å². The minimum Gasteiger partial charge on any atom is -0.480 e. The van der Waals surface area contributed by atoms with Gasteiger partial charge in [0.05, 0.1) is 0 Å². The number of carboxylic acids is 1. The van der Waals surface area contributed by atoms with Crippen LogP contribution in [0.15, 0.2) is 34.9 Å². The number of alkyl halides is 3. The Morgan fingerprint density at radius 1 is 1.29 bits per heavy atom. The number of benzene rings is 1. The Bertz CT molecular complexity index is 676. The average molecular weight is 363 g/mol. The zero-order valence-electron chi connectivity index (χ0n) is 10.6. The number of rotatable bonds is 4. The van der Waals surface area contributed by atoms with Crippen LogP contribution in [0.1, 0.15) is 0 Å². The van der Waals surface area contributed by atoms with Gasteiger partial charge in [0.1, 0.15) is 18.9 Å². The third-order valence-electron chi connectivity index (χ3n) is 2.73. The van der Waals surface area contributed by atoms with Crippen LogP contribution in [0.3, 0.4) is 0 Å². The first kappa shape index (κ1) is 15.6. The molecule has 1 aromatic heterocycles. The van der Waals surface area contributed by atoms with E-state index in [4.69, 9.17) is 5.11 Å². The van der Waals surface area contributed by atoms with Gasteiger partial charge in [-0.2, -0.15) is 13.2 Å². The van der Waals surface area contributed by atoms with Gasteiger partial charge >= 0.3 is 12.1 Å². The summed E-state index contributed by atoms with van der Waals surface area (Å²) in [5.74, 6) is -1.36. The lowest BCUT2D eigenvalue weighted by molar-refractivity contribution is -0.136. The summed E-state index contributed by atoms with van der Waals surface area (Å²) >= 11 is 3.31. The highest BCUT2D eigenvalue weighted by molar-refractivity contribution is 9.10. The summed E-state index contributed by atoms with van der Waals surface area (Å²) in [4.78, 5) is 15.5. The van der Waals surface area contributed by atoms with Gasteiger partial charge in [-0.3, -0.25) is 4.79 Å². The van der Waals surface area contributed by atoms with Crippen molar-refractivity contribution >= 4 is 38.5 Å². The van der Waals surface area contributed by atoms with Gasteiger partial charge in [-0.25, -0.2) is 4.98 Å². The van der Waals surface area contributed by atoms with Gasteiger partial charge in [0.2, 0.25) is 0 Å². The largest absolute Gasteiger partial charge is 0.480 e. The molecule has 0 spiro atoms. The number of halogens is 4. The molecule has 21 heavy (non-hydrogen) atoms. The molecule has 0 saturated carbocycles. The second kappa shape index (κ2) is 5.88. The van der Waals surface area contributed by atoms with Crippen molar-refractivity contribution in [3.8, 4) is 0 Å². The van der Waals surface area contributed by atoms with Crippen molar-refractivity contribution in [1.29, 1.82) is 0 Å². The zero-order chi connectivity index (χ0) is 15.6. The van der Waals surface area contributed by atoms with E-state index in [9.17, 15) is 18.0 Å². The predicted molar refractivity (Wildman–Crippen MR) is 75.3 cm³/mol. The first-order chi connectivity index (χ1) is 9.78. The predicted octanol–water partition coefficient (Wildman–Crippen LogP) is 3.45. The molecule has 2 aromatic rings. The Balaban J connectivity index is 2.54. The van der Waals surface area contributed by atoms with E-state index in [-0.39, 0.29) is 5.82 Å². The fourth-order valence-electron chi connectivity index (χ4n) is 1.99. The summed E-state index contributed by atoms with van der Waals surface area (Å²) < 4.78 is 38.6.